The number of nitro benzene ring substituents is 1. The van der Waals surface area contributed by atoms with E-state index in [2.05, 4.69) is 0 Å². The lowest BCUT2D eigenvalue weighted by atomic mass is 10.1. The number of hydrogen-bond acceptors (Lipinski definition) is 5. The van der Waals surface area contributed by atoms with Crippen LogP contribution in [0.3, 0.4) is 0 Å². The van der Waals surface area contributed by atoms with Crippen molar-refractivity contribution >= 4 is 49.9 Å². The van der Waals surface area contributed by atoms with E-state index in [0.717, 1.165) is 0 Å². The number of rotatable bonds is 4. The maximum absolute atomic E-state index is 12.0. The van der Waals surface area contributed by atoms with Gasteiger partial charge in [-0.05, 0) is 28.7 Å². The number of nitro groups is 1. The van der Waals surface area contributed by atoms with Crippen molar-refractivity contribution in [1.29, 1.82) is 0 Å². The Labute approximate surface area is 134 Å². The molecule has 1 fully saturated rings. The maximum atomic E-state index is 12.0. The molecule has 10 heteroatoms. The fourth-order valence-corrected chi connectivity index (χ4v) is 3.95. The molecule has 1 aromatic rings. The molecule has 0 aromatic heterocycles. The summed E-state index contributed by atoms with van der Waals surface area (Å²) in [5.74, 6) is -0.826. The SMILES string of the molecule is NS(=O)(=O)CC1CC(=O)N(c2ccc([N+](=O)[O-])cc2I)C1. The van der Waals surface area contributed by atoms with Crippen molar-refractivity contribution in [2.45, 2.75) is 6.42 Å². The number of hydrogen-bond donors (Lipinski definition) is 1. The molecule has 0 aliphatic carbocycles. The quantitative estimate of drug-likeness (QED) is 0.435. The van der Waals surface area contributed by atoms with Crippen LogP contribution in [0.1, 0.15) is 6.42 Å². The molecule has 8 nitrogen and oxygen atoms in total. The molecule has 1 aliphatic rings. The second-order valence-electron chi connectivity index (χ2n) is 4.80. The Morgan fingerprint density at radius 1 is 1.48 bits per heavy atom. The molecule has 0 saturated carbocycles. The Kier molecular flexibility index (Phi) is 4.49. The minimum Gasteiger partial charge on any atom is -0.311 e. The third-order valence-corrected chi connectivity index (χ3v) is 4.91. The first kappa shape index (κ1) is 16.1. The summed E-state index contributed by atoms with van der Waals surface area (Å²) in [4.78, 5) is 23.6. The average Bonchev–Trinajstić information content (AvgIpc) is 2.67. The molecule has 1 aromatic carbocycles. The number of benzene rings is 1. The van der Waals surface area contributed by atoms with E-state index in [9.17, 15) is 23.3 Å². The van der Waals surface area contributed by atoms with Crippen LogP contribution in [-0.2, 0) is 14.8 Å². The monoisotopic (exact) mass is 425 g/mol. The van der Waals surface area contributed by atoms with Crippen molar-refractivity contribution in [3.8, 4) is 0 Å². The van der Waals surface area contributed by atoms with E-state index in [1.807, 2.05) is 22.6 Å². The van der Waals surface area contributed by atoms with Gasteiger partial charge in [0, 0.05) is 34.6 Å². The molecule has 1 unspecified atom stereocenters. The van der Waals surface area contributed by atoms with Gasteiger partial charge in [0.2, 0.25) is 15.9 Å². The number of nitrogens with two attached hydrogens (primary N) is 1. The predicted molar refractivity (Wildman–Crippen MR) is 84.2 cm³/mol. The Morgan fingerprint density at radius 2 is 2.14 bits per heavy atom. The van der Waals surface area contributed by atoms with Crippen LogP contribution in [0.15, 0.2) is 18.2 Å². The highest BCUT2D eigenvalue weighted by Crippen LogP contribution is 2.31. The molecule has 2 N–H and O–H groups in total. The van der Waals surface area contributed by atoms with Gasteiger partial charge in [0.05, 0.1) is 16.4 Å². The lowest BCUT2D eigenvalue weighted by Crippen LogP contribution is -2.28. The lowest BCUT2D eigenvalue weighted by Gasteiger charge is -2.18. The number of carbonyl (C=O) groups excluding carboxylic acids is 1. The van der Waals surface area contributed by atoms with Crippen LogP contribution in [0, 0.1) is 19.6 Å². The first-order valence-electron chi connectivity index (χ1n) is 5.92. The van der Waals surface area contributed by atoms with Gasteiger partial charge in [-0.2, -0.15) is 0 Å². The number of primary sulfonamides is 1. The standard InChI is InChI=1S/C11H12IN3O5S/c12-9-4-8(15(17)18)1-2-10(9)14-5-7(3-11(14)16)6-21(13,19)20/h1-2,4,7H,3,5-6H2,(H2,13,19,20). The van der Waals surface area contributed by atoms with E-state index in [1.54, 1.807) is 0 Å². The van der Waals surface area contributed by atoms with Crippen molar-refractivity contribution in [3.63, 3.8) is 0 Å². The third-order valence-electron chi connectivity index (χ3n) is 3.11. The molecule has 0 spiro atoms. The highest BCUT2D eigenvalue weighted by molar-refractivity contribution is 14.1. The normalized spacial score (nSPS) is 19.0. The first-order valence-corrected chi connectivity index (χ1v) is 8.71. The molecule has 1 atom stereocenters. The van der Waals surface area contributed by atoms with Gasteiger partial charge in [-0.25, -0.2) is 13.6 Å². The summed E-state index contributed by atoms with van der Waals surface area (Å²) in [6, 6.07) is 4.19. The van der Waals surface area contributed by atoms with Crippen LogP contribution < -0.4 is 10.0 Å². The van der Waals surface area contributed by atoms with Gasteiger partial charge in [0.25, 0.3) is 5.69 Å². The van der Waals surface area contributed by atoms with Crippen LogP contribution in [0.4, 0.5) is 11.4 Å². The Balaban J connectivity index is 2.23. The zero-order valence-electron chi connectivity index (χ0n) is 10.7. The zero-order chi connectivity index (χ0) is 15.8. The van der Waals surface area contributed by atoms with Gasteiger partial charge in [-0.3, -0.25) is 14.9 Å². The van der Waals surface area contributed by atoms with E-state index in [0.29, 0.717) is 9.26 Å². The molecule has 1 amide bonds. The van der Waals surface area contributed by atoms with Gasteiger partial charge in [-0.15, -0.1) is 0 Å². The Hall–Kier alpha value is -1.27. The smallest absolute Gasteiger partial charge is 0.270 e. The third kappa shape index (κ3) is 3.89. The molecule has 1 saturated heterocycles. The second-order valence-corrected chi connectivity index (χ2v) is 7.62. The van der Waals surface area contributed by atoms with Gasteiger partial charge in [-0.1, -0.05) is 0 Å². The summed E-state index contributed by atoms with van der Waals surface area (Å²) in [5, 5.41) is 15.7. The maximum Gasteiger partial charge on any atom is 0.270 e. The van der Waals surface area contributed by atoms with Crippen molar-refractivity contribution in [2.75, 3.05) is 17.2 Å². The fourth-order valence-electron chi connectivity index (χ4n) is 2.28. The summed E-state index contributed by atoms with van der Waals surface area (Å²) in [7, 11) is -3.63. The van der Waals surface area contributed by atoms with Gasteiger partial charge in [0.1, 0.15) is 0 Å². The van der Waals surface area contributed by atoms with Crippen molar-refractivity contribution in [1.82, 2.24) is 0 Å². The molecule has 114 valence electrons. The number of amides is 1. The summed E-state index contributed by atoms with van der Waals surface area (Å²) in [6.45, 7) is 0.239. The van der Waals surface area contributed by atoms with Crippen LogP contribution in [0.25, 0.3) is 0 Å². The van der Waals surface area contributed by atoms with E-state index < -0.39 is 14.9 Å². The van der Waals surface area contributed by atoms with E-state index in [-0.39, 0.29) is 36.2 Å². The number of halogens is 1. The molecule has 21 heavy (non-hydrogen) atoms. The molecule has 1 aliphatic heterocycles. The largest absolute Gasteiger partial charge is 0.311 e. The topological polar surface area (TPSA) is 124 Å². The fraction of sp³-hybridized carbons (Fsp3) is 0.364. The first-order chi connectivity index (χ1) is 9.67. The van der Waals surface area contributed by atoms with Crippen LogP contribution in [0.5, 0.6) is 0 Å². The van der Waals surface area contributed by atoms with Gasteiger partial charge in [0.15, 0.2) is 0 Å². The van der Waals surface area contributed by atoms with Crippen LogP contribution >= 0.6 is 22.6 Å². The summed E-state index contributed by atoms with van der Waals surface area (Å²) in [6.07, 6.45) is 0.101. The minimum absolute atomic E-state index is 0.0594. The Bertz CT molecular complexity index is 706. The van der Waals surface area contributed by atoms with Crippen molar-refractivity contribution in [2.24, 2.45) is 11.1 Å². The highest BCUT2D eigenvalue weighted by atomic mass is 127. The Morgan fingerprint density at radius 3 is 2.67 bits per heavy atom. The minimum atomic E-state index is -3.63. The van der Waals surface area contributed by atoms with Crippen LogP contribution in [-0.4, -0.2) is 31.5 Å². The van der Waals surface area contributed by atoms with Crippen LogP contribution in [0.2, 0.25) is 0 Å². The van der Waals surface area contributed by atoms with E-state index >= 15 is 0 Å². The predicted octanol–water partition coefficient (Wildman–Crippen LogP) is 0.841. The van der Waals surface area contributed by atoms with Crippen molar-refractivity contribution < 1.29 is 18.1 Å². The van der Waals surface area contributed by atoms with Gasteiger partial charge < -0.3 is 4.90 Å². The lowest BCUT2D eigenvalue weighted by molar-refractivity contribution is -0.384. The molecule has 0 bridgehead atoms. The number of anilines is 1. The number of sulfonamides is 1. The van der Waals surface area contributed by atoms with E-state index in [1.165, 1.54) is 23.1 Å². The van der Waals surface area contributed by atoms with Gasteiger partial charge >= 0.3 is 0 Å². The zero-order valence-corrected chi connectivity index (χ0v) is 13.7. The number of nitrogens with zero attached hydrogens (tertiary/aromatic N) is 2. The van der Waals surface area contributed by atoms with Crippen molar-refractivity contribution in [3.05, 3.63) is 31.9 Å². The molecule has 0 radical (unpaired) electrons. The summed E-state index contributed by atoms with van der Waals surface area (Å²) < 4.78 is 22.8. The summed E-state index contributed by atoms with van der Waals surface area (Å²) >= 11 is 1.91. The summed E-state index contributed by atoms with van der Waals surface area (Å²) in [5.41, 5.74) is 0.485. The molecule has 1 heterocycles. The number of non-ortho nitro benzene ring substituents is 1. The second kappa shape index (κ2) is 5.85. The molecule has 2 rings (SSSR count). The molecular weight excluding hydrogens is 413 g/mol. The molecular formula is C11H12IN3O5S. The highest BCUT2D eigenvalue weighted by Gasteiger charge is 2.33. The number of carbonyl (C=O) groups is 1. The van der Waals surface area contributed by atoms with E-state index in [4.69, 9.17) is 5.14 Å². The average molecular weight is 425 g/mol.